The van der Waals surface area contributed by atoms with Crippen LogP contribution in [0.25, 0.3) is 0 Å². The Labute approximate surface area is 156 Å². The summed E-state index contributed by atoms with van der Waals surface area (Å²) >= 11 is 0. The smallest absolute Gasteiger partial charge is 0.317 e. The van der Waals surface area contributed by atoms with E-state index in [2.05, 4.69) is 12.2 Å². The van der Waals surface area contributed by atoms with Crippen LogP contribution in [0.1, 0.15) is 38.2 Å². The van der Waals surface area contributed by atoms with Crippen LogP contribution in [0.4, 0.5) is 4.79 Å². The number of sulfonamides is 1. The fourth-order valence-electron chi connectivity index (χ4n) is 3.77. The first-order valence-corrected chi connectivity index (χ1v) is 10.9. The summed E-state index contributed by atoms with van der Waals surface area (Å²) in [5.41, 5.74) is 1.03. The number of amides is 2. The topological polar surface area (TPSA) is 69.7 Å². The lowest BCUT2D eigenvalue weighted by molar-refractivity contribution is 0.161. The maximum Gasteiger partial charge on any atom is 0.317 e. The highest BCUT2D eigenvalue weighted by molar-refractivity contribution is 7.89. The van der Waals surface area contributed by atoms with Gasteiger partial charge >= 0.3 is 6.03 Å². The van der Waals surface area contributed by atoms with Gasteiger partial charge in [0.2, 0.25) is 10.0 Å². The average molecular weight is 380 g/mol. The van der Waals surface area contributed by atoms with Gasteiger partial charge in [-0.25, -0.2) is 13.2 Å². The highest BCUT2D eigenvalue weighted by Crippen LogP contribution is 2.24. The van der Waals surface area contributed by atoms with Crippen molar-refractivity contribution in [3.05, 3.63) is 29.8 Å². The monoisotopic (exact) mass is 379 g/mol. The number of urea groups is 1. The van der Waals surface area contributed by atoms with E-state index in [1.165, 1.54) is 10.7 Å². The molecule has 26 heavy (non-hydrogen) atoms. The Balaban J connectivity index is 1.56. The largest absolute Gasteiger partial charge is 0.335 e. The van der Waals surface area contributed by atoms with Gasteiger partial charge in [0.25, 0.3) is 0 Å². The van der Waals surface area contributed by atoms with Crippen LogP contribution in [0.2, 0.25) is 0 Å². The number of carbonyl (C=O) groups is 1. The summed E-state index contributed by atoms with van der Waals surface area (Å²) in [6.45, 7) is 5.65. The standard InChI is InChI=1S/C19H29N3O3S/c1-15-7-9-17(10-8-15)26(24,25)22-13-11-21(12-14-22)19(23)20-18-6-4-3-5-16(18)2/h7-10,16,18H,3-6,11-14H2,1-2H3,(H,20,23)/t16-,18+/m1/s1. The van der Waals surface area contributed by atoms with E-state index in [9.17, 15) is 13.2 Å². The van der Waals surface area contributed by atoms with E-state index >= 15 is 0 Å². The molecule has 0 unspecified atom stereocenters. The molecule has 2 atom stereocenters. The number of hydrogen-bond acceptors (Lipinski definition) is 3. The normalized spacial score (nSPS) is 25.1. The molecule has 0 radical (unpaired) electrons. The second-order valence-corrected chi connectivity index (χ2v) is 9.46. The number of aryl methyl sites for hydroxylation is 1. The first-order chi connectivity index (χ1) is 12.4. The summed E-state index contributed by atoms with van der Waals surface area (Å²) < 4.78 is 27.0. The van der Waals surface area contributed by atoms with Crippen LogP contribution in [-0.4, -0.2) is 55.9 Å². The quantitative estimate of drug-likeness (QED) is 0.878. The summed E-state index contributed by atoms with van der Waals surface area (Å²) in [5.74, 6) is 0.510. The Morgan fingerprint density at radius 1 is 1.04 bits per heavy atom. The molecule has 2 aliphatic rings. The van der Waals surface area contributed by atoms with E-state index in [-0.39, 0.29) is 12.1 Å². The molecule has 3 rings (SSSR count). The number of benzene rings is 1. The maximum absolute atomic E-state index is 12.7. The molecule has 2 fully saturated rings. The van der Waals surface area contributed by atoms with E-state index in [4.69, 9.17) is 0 Å². The van der Waals surface area contributed by atoms with Crippen LogP contribution < -0.4 is 5.32 Å². The SMILES string of the molecule is Cc1ccc(S(=O)(=O)N2CCN(C(=O)N[C@H]3CCCC[C@H]3C)CC2)cc1. The van der Waals surface area contributed by atoms with E-state index < -0.39 is 10.0 Å². The minimum Gasteiger partial charge on any atom is -0.335 e. The number of carbonyl (C=O) groups excluding carboxylic acids is 1. The lowest BCUT2D eigenvalue weighted by Crippen LogP contribution is -2.55. The minimum atomic E-state index is -3.49. The molecule has 0 bridgehead atoms. The number of rotatable bonds is 3. The molecule has 1 aromatic carbocycles. The lowest BCUT2D eigenvalue weighted by Gasteiger charge is -2.36. The summed E-state index contributed by atoms with van der Waals surface area (Å²) in [7, 11) is -3.49. The highest BCUT2D eigenvalue weighted by Gasteiger charge is 2.31. The Morgan fingerprint density at radius 2 is 1.65 bits per heavy atom. The van der Waals surface area contributed by atoms with Gasteiger partial charge in [-0.05, 0) is 37.8 Å². The molecule has 1 saturated carbocycles. The van der Waals surface area contributed by atoms with Crippen molar-refractivity contribution >= 4 is 16.1 Å². The third-order valence-corrected chi connectivity index (χ3v) is 7.52. The minimum absolute atomic E-state index is 0.0591. The van der Waals surface area contributed by atoms with Gasteiger partial charge in [-0.15, -0.1) is 0 Å². The molecular weight excluding hydrogens is 350 g/mol. The number of piperazine rings is 1. The molecule has 1 heterocycles. The molecular formula is C19H29N3O3S. The second kappa shape index (κ2) is 7.96. The maximum atomic E-state index is 12.7. The molecule has 1 aromatic rings. The van der Waals surface area contributed by atoms with Gasteiger partial charge in [0.1, 0.15) is 0 Å². The zero-order valence-electron chi connectivity index (χ0n) is 15.6. The van der Waals surface area contributed by atoms with Crippen molar-refractivity contribution in [2.45, 2.75) is 50.5 Å². The number of hydrogen-bond donors (Lipinski definition) is 1. The van der Waals surface area contributed by atoms with Crippen molar-refractivity contribution in [1.29, 1.82) is 0 Å². The van der Waals surface area contributed by atoms with Gasteiger partial charge in [0.05, 0.1) is 4.90 Å². The molecule has 1 saturated heterocycles. The molecule has 1 N–H and O–H groups in total. The summed E-state index contributed by atoms with van der Waals surface area (Å²) in [6.07, 6.45) is 4.60. The fourth-order valence-corrected chi connectivity index (χ4v) is 5.19. The van der Waals surface area contributed by atoms with Crippen molar-refractivity contribution in [2.75, 3.05) is 26.2 Å². The summed E-state index contributed by atoms with van der Waals surface area (Å²) in [6, 6.07) is 7.09. The van der Waals surface area contributed by atoms with Crippen LogP contribution in [-0.2, 0) is 10.0 Å². The van der Waals surface area contributed by atoms with Crippen LogP contribution in [0.15, 0.2) is 29.2 Å². The molecule has 0 aromatic heterocycles. The Morgan fingerprint density at radius 3 is 2.27 bits per heavy atom. The van der Waals surface area contributed by atoms with Crippen molar-refractivity contribution < 1.29 is 13.2 Å². The molecule has 0 spiro atoms. The van der Waals surface area contributed by atoms with Crippen LogP contribution in [0.3, 0.4) is 0 Å². The predicted molar refractivity (Wildman–Crippen MR) is 101 cm³/mol. The van der Waals surface area contributed by atoms with Gasteiger partial charge < -0.3 is 10.2 Å². The Hall–Kier alpha value is -1.60. The lowest BCUT2D eigenvalue weighted by atomic mass is 9.86. The van der Waals surface area contributed by atoms with E-state index in [1.54, 1.807) is 17.0 Å². The predicted octanol–water partition coefficient (Wildman–Crippen LogP) is 2.59. The third-order valence-electron chi connectivity index (χ3n) is 5.60. The Bertz CT molecular complexity index is 725. The van der Waals surface area contributed by atoms with Gasteiger partial charge in [0.15, 0.2) is 0 Å². The van der Waals surface area contributed by atoms with E-state index in [0.29, 0.717) is 37.0 Å². The molecule has 144 valence electrons. The van der Waals surface area contributed by atoms with Gasteiger partial charge in [0, 0.05) is 32.2 Å². The van der Waals surface area contributed by atoms with Crippen molar-refractivity contribution in [2.24, 2.45) is 5.92 Å². The molecule has 1 aliphatic carbocycles. The second-order valence-electron chi connectivity index (χ2n) is 7.52. The first kappa shape index (κ1) is 19.2. The first-order valence-electron chi connectivity index (χ1n) is 9.50. The third kappa shape index (κ3) is 4.20. The van der Waals surface area contributed by atoms with Crippen molar-refractivity contribution in [1.82, 2.24) is 14.5 Å². The average Bonchev–Trinajstić information content (AvgIpc) is 2.64. The zero-order valence-corrected chi connectivity index (χ0v) is 16.5. The molecule has 7 heteroatoms. The number of nitrogens with one attached hydrogen (secondary N) is 1. The molecule has 2 amide bonds. The van der Waals surface area contributed by atoms with E-state index in [0.717, 1.165) is 24.8 Å². The van der Waals surface area contributed by atoms with Crippen LogP contribution >= 0.6 is 0 Å². The van der Waals surface area contributed by atoms with E-state index in [1.807, 2.05) is 19.1 Å². The van der Waals surface area contributed by atoms with Crippen molar-refractivity contribution in [3.63, 3.8) is 0 Å². The van der Waals surface area contributed by atoms with Gasteiger partial charge in [-0.3, -0.25) is 0 Å². The Kier molecular flexibility index (Phi) is 5.87. The summed E-state index contributed by atoms with van der Waals surface area (Å²) in [5, 5.41) is 3.15. The zero-order chi connectivity index (χ0) is 18.7. The molecule has 1 aliphatic heterocycles. The fraction of sp³-hybridized carbons (Fsp3) is 0.632. The molecule has 6 nitrogen and oxygen atoms in total. The van der Waals surface area contributed by atoms with Crippen LogP contribution in [0.5, 0.6) is 0 Å². The number of nitrogens with zero attached hydrogens (tertiary/aromatic N) is 2. The highest BCUT2D eigenvalue weighted by atomic mass is 32.2. The van der Waals surface area contributed by atoms with Gasteiger partial charge in [-0.2, -0.15) is 4.31 Å². The van der Waals surface area contributed by atoms with Crippen LogP contribution in [0, 0.1) is 12.8 Å². The van der Waals surface area contributed by atoms with Crippen molar-refractivity contribution in [3.8, 4) is 0 Å². The van der Waals surface area contributed by atoms with Gasteiger partial charge in [-0.1, -0.05) is 37.5 Å². The summed E-state index contributed by atoms with van der Waals surface area (Å²) in [4.78, 5) is 14.6.